The van der Waals surface area contributed by atoms with Crippen LogP contribution in [0.25, 0.3) is 0 Å². The smallest absolute Gasteiger partial charge is 0.258 e. The summed E-state index contributed by atoms with van der Waals surface area (Å²) in [5.74, 6) is 0. The second-order valence-corrected chi connectivity index (χ2v) is 11.7. The van der Waals surface area contributed by atoms with Gasteiger partial charge in [0.1, 0.15) is 0 Å². The van der Waals surface area contributed by atoms with Crippen molar-refractivity contribution in [3.05, 3.63) is 123 Å². The molecule has 3 aromatic carbocycles. The molecule has 0 saturated heterocycles. The molecule has 3 aromatic rings. The quantitative estimate of drug-likeness (QED) is 0.112. The van der Waals surface area contributed by atoms with Crippen molar-refractivity contribution in [3.63, 3.8) is 0 Å². The molecule has 0 fully saturated rings. The number of benzene rings is 3. The van der Waals surface area contributed by atoms with E-state index in [1.807, 2.05) is 0 Å². The van der Waals surface area contributed by atoms with Crippen LogP contribution in [-0.4, -0.2) is 19.7 Å². The van der Waals surface area contributed by atoms with E-state index in [2.05, 4.69) is 63.7 Å². The van der Waals surface area contributed by atoms with Gasteiger partial charge < -0.3 is 0 Å². The van der Waals surface area contributed by atoms with Crippen molar-refractivity contribution in [2.24, 2.45) is 0 Å². The first-order valence-electron chi connectivity index (χ1n) is 10.3. The molecular formula is C22H14Br4N4O8. The molecule has 0 bridgehead atoms. The highest BCUT2D eigenvalue weighted by Gasteiger charge is 2.31. The topological polar surface area (TPSA) is 173 Å². The highest BCUT2D eigenvalue weighted by atomic mass is 79.9. The minimum Gasteiger partial charge on any atom is -0.258 e. The van der Waals surface area contributed by atoms with E-state index in [0.29, 0.717) is 0 Å². The first-order chi connectivity index (χ1) is 17.8. The van der Waals surface area contributed by atoms with Crippen LogP contribution in [0.15, 0.2) is 60.7 Å². The minimum absolute atomic E-state index is 0.246. The van der Waals surface area contributed by atoms with Gasteiger partial charge in [0.15, 0.2) is 0 Å². The Morgan fingerprint density at radius 3 is 1.05 bits per heavy atom. The van der Waals surface area contributed by atoms with E-state index in [0.717, 1.165) is 23.3 Å². The van der Waals surface area contributed by atoms with Gasteiger partial charge in [-0.1, -0.05) is 88.0 Å². The molecule has 0 spiro atoms. The Morgan fingerprint density at radius 1 is 0.474 bits per heavy atom. The molecule has 0 aliphatic rings. The minimum atomic E-state index is -0.705. The maximum absolute atomic E-state index is 11.5. The third-order valence-corrected chi connectivity index (χ3v) is 11.1. The summed E-state index contributed by atoms with van der Waals surface area (Å²) in [6, 6.07) is 13.9. The third-order valence-electron chi connectivity index (χ3n) is 5.52. The lowest BCUT2D eigenvalue weighted by Crippen LogP contribution is -2.06. The molecule has 0 heterocycles. The van der Waals surface area contributed by atoms with Gasteiger partial charge in [-0.05, 0) is 23.3 Å². The van der Waals surface area contributed by atoms with Gasteiger partial charge in [0.25, 0.3) is 22.7 Å². The van der Waals surface area contributed by atoms with Crippen LogP contribution in [0.3, 0.4) is 0 Å². The number of nitro benzene ring substituents is 4. The summed E-state index contributed by atoms with van der Waals surface area (Å²) in [5, 5.41) is 45.1. The van der Waals surface area contributed by atoms with Crippen LogP contribution in [0.2, 0.25) is 0 Å². The first-order valence-corrected chi connectivity index (χ1v) is 14.0. The van der Waals surface area contributed by atoms with Crippen LogP contribution in [0.5, 0.6) is 0 Å². The highest BCUT2D eigenvalue weighted by Crippen LogP contribution is 2.48. The Kier molecular flexibility index (Phi) is 9.67. The lowest BCUT2D eigenvalue weighted by Gasteiger charge is -2.20. The fourth-order valence-electron chi connectivity index (χ4n) is 3.59. The van der Waals surface area contributed by atoms with Gasteiger partial charge in [-0.25, -0.2) is 0 Å². The van der Waals surface area contributed by atoms with Crippen molar-refractivity contribution in [1.82, 2.24) is 0 Å². The molecule has 198 valence electrons. The lowest BCUT2D eigenvalue weighted by molar-refractivity contribution is -0.394. The molecule has 0 aliphatic carbocycles. The SMILES string of the molecule is O=[N+]([O-])c1ccc([C@@H](Br)[C@@H](Br)c2ccc([C@H](Br)[C@H](Br)c3ccc([N+](=O)[O-])cc3[N+](=O)[O-])cc2)c([N+](=O)[O-])c1. The molecule has 3 rings (SSSR count). The van der Waals surface area contributed by atoms with Crippen LogP contribution < -0.4 is 0 Å². The van der Waals surface area contributed by atoms with Gasteiger partial charge in [-0.3, -0.25) is 40.5 Å². The van der Waals surface area contributed by atoms with Gasteiger partial charge in [0.05, 0.1) is 51.1 Å². The molecule has 0 saturated carbocycles. The molecule has 0 aromatic heterocycles. The second kappa shape index (κ2) is 12.4. The molecule has 0 N–H and O–H groups in total. The van der Waals surface area contributed by atoms with Crippen molar-refractivity contribution in [1.29, 1.82) is 0 Å². The summed E-state index contributed by atoms with van der Waals surface area (Å²) in [6.45, 7) is 0. The number of nitrogens with zero attached hydrogens (tertiary/aromatic N) is 4. The van der Waals surface area contributed by atoms with Crippen molar-refractivity contribution < 1.29 is 19.7 Å². The molecule has 16 heteroatoms. The largest absolute Gasteiger partial charge is 0.280 e. The Bertz CT molecular complexity index is 1320. The molecular weight excluding hydrogens is 768 g/mol. The summed E-state index contributed by atoms with van der Waals surface area (Å²) in [6.07, 6.45) is 0. The number of nitro groups is 4. The fraction of sp³-hybridized carbons (Fsp3) is 0.182. The third kappa shape index (κ3) is 6.42. The van der Waals surface area contributed by atoms with Crippen molar-refractivity contribution >= 4 is 86.5 Å². The average molecular weight is 782 g/mol. The maximum Gasteiger partial charge on any atom is 0.280 e. The van der Waals surface area contributed by atoms with E-state index in [9.17, 15) is 40.5 Å². The Morgan fingerprint density at radius 2 is 0.789 bits per heavy atom. The molecule has 0 unspecified atom stereocenters. The number of hydrogen-bond acceptors (Lipinski definition) is 8. The second-order valence-electron chi connectivity index (χ2n) is 7.79. The standard InChI is InChI=1S/C22H14Br4N4O8/c23-19(21(25)15-7-5-13(27(31)32)9-17(15)29(35)36)11-1-2-12(4-3-11)20(24)22(26)16-8-6-14(28(33)34)10-18(16)30(37)38/h1-10,19-22H/t19-,20-,21+,22+/m0/s1. The average Bonchev–Trinajstić information content (AvgIpc) is 2.90. The molecule has 0 amide bonds. The fourth-order valence-corrected chi connectivity index (χ4v) is 6.16. The highest BCUT2D eigenvalue weighted by molar-refractivity contribution is 9.12. The van der Waals surface area contributed by atoms with Gasteiger partial charge in [-0.2, -0.15) is 0 Å². The predicted molar refractivity (Wildman–Crippen MR) is 153 cm³/mol. The number of alkyl halides is 4. The van der Waals surface area contributed by atoms with Gasteiger partial charge in [-0.15, -0.1) is 0 Å². The van der Waals surface area contributed by atoms with Crippen LogP contribution in [0, 0.1) is 40.5 Å². The number of hydrogen-bond donors (Lipinski definition) is 0. The monoisotopic (exact) mass is 778 g/mol. The summed E-state index contributed by atoms with van der Waals surface area (Å²) in [7, 11) is 0. The Hall–Kier alpha value is -2.82. The van der Waals surface area contributed by atoms with E-state index in [1.54, 1.807) is 24.3 Å². The molecule has 38 heavy (non-hydrogen) atoms. The number of non-ortho nitro benzene ring substituents is 2. The van der Waals surface area contributed by atoms with E-state index < -0.39 is 61.8 Å². The van der Waals surface area contributed by atoms with E-state index >= 15 is 0 Å². The van der Waals surface area contributed by atoms with E-state index in [-0.39, 0.29) is 11.1 Å². The van der Waals surface area contributed by atoms with Crippen LogP contribution in [0.1, 0.15) is 41.6 Å². The number of rotatable bonds is 10. The molecule has 4 atom stereocenters. The maximum atomic E-state index is 11.5. The zero-order chi connectivity index (χ0) is 28.3. The number of halogens is 4. The molecule has 0 aliphatic heterocycles. The molecule has 12 nitrogen and oxygen atoms in total. The van der Waals surface area contributed by atoms with Gasteiger partial charge >= 0.3 is 0 Å². The van der Waals surface area contributed by atoms with Gasteiger partial charge in [0, 0.05) is 23.3 Å². The lowest BCUT2D eigenvalue weighted by atomic mass is 9.98. The van der Waals surface area contributed by atoms with Crippen LogP contribution in [0.4, 0.5) is 22.7 Å². The normalized spacial score (nSPS) is 14.2. The predicted octanol–water partition coefficient (Wildman–Crippen LogP) is 8.46. The van der Waals surface area contributed by atoms with Crippen LogP contribution >= 0.6 is 63.7 Å². The Labute approximate surface area is 247 Å². The van der Waals surface area contributed by atoms with Crippen molar-refractivity contribution in [3.8, 4) is 0 Å². The van der Waals surface area contributed by atoms with Crippen molar-refractivity contribution in [2.75, 3.05) is 0 Å². The van der Waals surface area contributed by atoms with E-state index in [4.69, 9.17) is 0 Å². The van der Waals surface area contributed by atoms with Crippen LogP contribution in [-0.2, 0) is 0 Å². The summed E-state index contributed by atoms with van der Waals surface area (Å²) >= 11 is 14.0. The molecule has 0 radical (unpaired) electrons. The zero-order valence-electron chi connectivity index (χ0n) is 18.6. The summed E-state index contributed by atoms with van der Waals surface area (Å²) in [4.78, 5) is 40.2. The van der Waals surface area contributed by atoms with Gasteiger partial charge in [0.2, 0.25) is 0 Å². The first kappa shape index (κ1) is 29.7. The van der Waals surface area contributed by atoms with Crippen molar-refractivity contribution in [2.45, 2.75) is 19.3 Å². The van der Waals surface area contributed by atoms with E-state index in [1.165, 1.54) is 24.3 Å². The summed E-state index contributed by atoms with van der Waals surface area (Å²) in [5.41, 5.74) is 0.384. The summed E-state index contributed by atoms with van der Waals surface area (Å²) < 4.78 is 0. The zero-order valence-corrected chi connectivity index (χ0v) is 25.0. The Balaban J connectivity index is 1.86.